The Kier molecular flexibility index (Phi) is 5.73. The van der Waals surface area contributed by atoms with Gasteiger partial charge in [0.1, 0.15) is 16.3 Å². The molecular formula is C16H21N7OS. The van der Waals surface area contributed by atoms with Crippen molar-refractivity contribution < 1.29 is 4.74 Å². The number of hydrogen-bond donors (Lipinski definition) is 1. The molecule has 0 radical (unpaired) electrons. The Balaban J connectivity index is 1.52. The summed E-state index contributed by atoms with van der Waals surface area (Å²) in [5.74, 6) is 1.14. The second kappa shape index (κ2) is 8.18. The van der Waals surface area contributed by atoms with Gasteiger partial charge in [-0.2, -0.15) is 10.1 Å². The zero-order valence-electron chi connectivity index (χ0n) is 14.2. The highest BCUT2D eigenvalue weighted by Gasteiger charge is 2.22. The third-order valence-electron chi connectivity index (χ3n) is 4.28. The first-order chi connectivity index (χ1) is 12.2. The van der Waals surface area contributed by atoms with Gasteiger partial charge in [0.25, 0.3) is 0 Å². The van der Waals surface area contributed by atoms with Crippen LogP contribution in [0.4, 0.5) is 5.69 Å². The monoisotopic (exact) mass is 359 g/mol. The van der Waals surface area contributed by atoms with E-state index >= 15 is 0 Å². The van der Waals surface area contributed by atoms with Crippen LogP contribution in [0.25, 0.3) is 0 Å². The molecule has 0 aliphatic carbocycles. The molecule has 9 heteroatoms. The fourth-order valence-corrected chi connectivity index (χ4v) is 3.31. The van der Waals surface area contributed by atoms with Crippen molar-refractivity contribution in [3.63, 3.8) is 0 Å². The molecule has 1 N–H and O–H groups in total. The molecule has 2 aromatic heterocycles. The predicted molar refractivity (Wildman–Crippen MR) is 94.6 cm³/mol. The van der Waals surface area contributed by atoms with Crippen LogP contribution in [-0.2, 0) is 18.2 Å². The van der Waals surface area contributed by atoms with E-state index in [1.54, 1.807) is 13.2 Å². The minimum absolute atomic E-state index is 0.438. The number of ether oxygens (including phenoxy) is 1. The van der Waals surface area contributed by atoms with E-state index in [9.17, 15) is 5.26 Å². The number of nitriles is 1. The molecule has 1 fully saturated rings. The van der Waals surface area contributed by atoms with Gasteiger partial charge in [0.05, 0.1) is 25.9 Å². The number of H-pyrrole nitrogens is 1. The normalized spacial score (nSPS) is 17.4. The highest BCUT2D eigenvalue weighted by molar-refractivity contribution is 7.71. The number of rotatable bonds is 6. The van der Waals surface area contributed by atoms with Crippen LogP contribution in [0, 0.1) is 21.9 Å². The third kappa shape index (κ3) is 4.41. The van der Waals surface area contributed by atoms with Crippen LogP contribution in [0.3, 0.4) is 0 Å². The number of pyridine rings is 1. The van der Waals surface area contributed by atoms with E-state index in [0.717, 1.165) is 31.6 Å². The van der Waals surface area contributed by atoms with E-state index in [0.29, 0.717) is 41.6 Å². The van der Waals surface area contributed by atoms with Crippen LogP contribution in [0.15, 0.2) is 12.3 Å². The van der Waals surface area contributed by atoms with Gasteiger partial charge >= 0.3 is 0 Å². The molecular weight excluding hydrogens is 338 g/mol. The molecule has 2 aromatic rings. The van der Waals surface area contributed by atoms with Gasteiger partial charge in [-0.05, 0) is 30.0 Å². The maximum absolute atomic E-state index is 9.37. The Hall–Kier alpha value is -2.31. The molecule has 0 spiro atoms. The van der Waals surface area contributed by atoms with Crippen molar-refractivity contribution in [2.45, 2.75) is 19.3 Å². The Morgan fingerprint density at radius 1 is 1.52 bits per heavy atom. The van der Waals surface area contributed by atoms with Crippen molar-refractivity contribution in [1.82, 2.24) is 25.2 Å². The van der Waals surface area contributed by atoms with Gasteiger partial charge in [0.15, 0.2) is 5.82 Å². The van der Waals surface area contributed by atoms with E-state index in [1.165, 1.54) is 4.80 Å². The van der Waals surface area contributed by atoms with Crippen LogP contribution in [0.1, 0.15) is 24.2 Å². The third-order valence-corrected chi connectivity index (χ3v) is 4.61. The minimum Gasteiger partial charge on any atom is -0.381 e. The Morgan fingerprint density at radius 3 is 3.16 bits per heavy atom. The maximum Gasteiger partial charge on any atom is 0.177 e. The van der Waals surface area contributed by atoms with E-state index < -0.39 is 0 Å². The molecule has 0 unspecified atom stereocenters. The van der Waals surface area contributed by atoms with Gasteiger partial charge in [-0.15, -0.1) is 10.2 Å². The van der Waals surface area contributed by atoms with Crippen molar-refractivity contribution in [1.29, 1.82) is 5.26 Å². The molecule has 132 valence electrons. The van der Waals surface area contributed by atoms with Crippen molar-refractivity contribution in [2.24, 2.45) is 13.0 Å². The van der Waals surface area contributed by atoms with Gasteiger partial charge in [0.2, 0.25) is 0 Å². The average Bonchev–Trinajstić information content (AvgIpc) is 3.04. The van der Waals surface area contributed by atoms with Crippen LogP contribution in [0.5, 0.6) is 0 Å². The van der Waals surface area contributed by atoms with Crippen molar-refractivity contribution in [3.8, 4) is 6.07 Å². The molecule has 0 saturated carbocycles. The molecule has 0 bridgehead atoms. The number of anilines is 1. The lowest BCUT2D eigenvalue weighted by atomic mass is 9.98. The summed E-state index contributed by atoms with van der Waals surface area (Å²) >= 11 is 5.22. The maximum atomic E-state index is 9.37. The quantitative estimate of drug-likeness (QED) is 0.618. The van der Waals surface area contributed by atoms with Gasteiger partial charge in [0, 0.05) is 25.7 Å². The smallest absolute Gasteiger partial charge is 0.177 e. The number of aryl methyl sites for hydroxylation is 1. The second-order valence-electron chi connectivity index (χ2n) is 6.15. The first-order valence-corrected chi connectivity index (χ1v) is 8.75. The summed E-state index contributed by atoms with van der Waals surface area (Å²) in [6.45, 7) is 3.09. The number of hydrogen-bond acceptors (Lipinski definition) is 7. The summed E-state index contributed by atoms with van der Waals surface area (Å²) < 4.78 is 6.31. The Labute approximate surface area is 151 Å². The van der Waals surface area contributed by atoms with Crippen molar-refractivity contribution >= 4 is 17.9 Å². The van der Waals surface area contributed by atoms with Crippen molar-refractivity contribution in [3.05, 3.63) is 28.3 Å². The first-order valence-electron chi connectivity index (χ1n) is 8.34. The van der Waals surface area contributed by atoms with Crippen molar-refractivity contribution in [2.75, 3.05) is 31.2 Å². The molecule has 1 atom stereocenters. The fourth-order valence-electron chi connectivity index (χ4n) is 3.10. The van der Waals surface area contributed by atoms with Crippen LogP contribution >= 0.6 is 12.2 Å². The lowest BCUT2D eigenvalue weighted by Crippen LogP contribution is -2.37. The second-order valence-corrected chi connectivity index (χ2v) is 6.56. The highest BCUT2D eigenvalue weighted by Crippen LogP contribution is 2.26. The van der Waals surface area contributed by atoms with E-state index in [2.05, 4.69) is 31.4 Å². The highest BCUT2D eigenvalue weighted by atomic mass is 32.1. The van der Waals surface area contributed by atoms with Crippen LogP contribution < -0.4 is 4.90 Å². The molecule has 25 heavy (non-hydrogen) atoms. The molecule has 1 saturated heterocycles. The topological polar surface area (TPSA) is 95.6 Å². The molecule has 0 amide bonds. The summed E-state index contributed by atoms with van der Waals surface area (Å²) in [4.78, 5) is 6.61. The zero-order valence-corrected chi connectivity index (χ0v) is 15.0. The number of nitrogens with zero attached hydrogens (tertiary/aromatic N) is 6. The molecule has 1 aliphatic heterocycles. The fraction of sp³-hybridized carbons (Fsp3) is 0.562. The lowest BCUT2D eigenvalue weighted by Gasteiger charge is -2.34. The molecule has 3 heterocycles. The van der Waals surface area contributed by atoms with Gasteiger partial charge < -0.3 is 14.6 Å². The van der Waals surface area contributed by atoms with E-state index in [4.69, 9.17) is 17.0 Å². The van der Waals surface area contributed by atoms with Gasteiger partial charge in [-0.3, -0.25) is 0 Å². The number of nitrogens with one attached hydrogen (secondary N) is 1. The molecule has 0 aromatic carbocycles. The zero-order chi connectivity index (χ0) is 17.6. The first kappa shape index (κ1) is 17.5. The summed E-state index contributed by atoms with van der Waals surface area (Å²) in [5, 5.41) is 21.3. The van der Waals surface area contributed by atoms with Crippen LogP contribution in [0.2, 0.25) is 0 Å². The lowest BCUT2D eigenvalue weighted by molar-refractivity contribution is 0.0949. The summed E-state index contributed by atoms with van der Waals surface area (Å²) in [7, 11) is 1.75. The molecule has 3 rings (SSSR count). The van der Waals surface area contributed by atoms with E-state index in [1.807, 2.05) is 6.07 Å². The average molecular weight is 359 g/mol. The summed E-state index contributed by atoms with van der Waals surface area (Å²) in [5.41, 5.74) is 1.47. The minimum atomic E-state index is 0.438. The SMILES string of the molecule is Cn1nnc(CCOC[C@H]2CCCN(c3cc[nH]c(=S)c3C#N)C2)n1. The predicted octanol–water partition coefficient (Wildman–Crippen LogP) is 1.62. The standard InChI is InChI=1S/C16H21N7OS/c1-22-20-15(19-21-22)5-8-24-11-12-3-2-7-23(10-12)14-4-6-18-16(25)13(14)9-17/h4,6,12H,2-3,5,7-8,10-11H2,1H3,(H,18,25)/t12-/m0/s1. The van der Waals surface area contributed by atoms with E-state index in [-0.39, 0.29) is 0 Å². The number of aromatic amines is 1. The number of aromatic nitrogens is 5. The Bertz CT molecular complexity index is 809. The summed E-state index contributed by atoms with van der Waals surface area (Å²) in [6.07, 6.45) is 4.67. The van der Waals surface area contributed by atoms with Crippen LogP contribution in [-0.4, -0.2) is 51.5 Å². The van der Waals surface area contributed by atoms with Gasteiger partial charge in [-0.25, -0.2) is 0 Å². The largest absolute Gasteiger partial charge is 0.381 e. The van der Waals surface area contributed by atoms with Gasteiger partial charge in [-0.1, -0.05) is 12.2 Å². The number of tetrazole rings is 1. The summed E-state index contributed by atoms with van der Waals surface area (Å²) in [6, 6.07) is 4.15. The number of piperidine rings is 1. The Morgan fingerprint density at radius 2 is 2.40 bits per heavy atom. The molecule has 1 aliphatic rings. The molecule has 8 nitrogen and oxygen atoms in total.